The Bertz CT molecular complexity index is 852. The average Bonchev–Trinajstić information content (AvgIpc) is 2.67. The highest BCUT2D eigenvalue weighted by atomic mass is 16.5. The molecule has 0 saturated heterocycles. The van der Waals surface area contributed by atoms with Crippen LogP contribution in [0.25, 0.3) is 0 Å². The number of amides is 1. The zero-order valence-electron chi connectivity index (χ0n) is 15.7. The summed E-state index contributed by atoms with van der Waals surface area (Å²) >= 11 is 0. The highest BCUT2D eigenvalue weighted by Crippen LogP contribution is 2.37. The number of carboxylic acids is 1. The molecule has 8 nitrogen and oxygen atoms in total. The molecule has 2 aromatic rings. The second kappa shape index (κ2) is 8.31. The molecule has 0 aliphatic heterocycles. The van der Waals surface area contributed by atoms with Gasteiger partial charge < -0.3 is 29.4 Å². The van der Waals surface area contributed by atoms with Crippen LogP contribution in [0.2, 0.25) is 0 Å². The van der Waals surface area contributed by atoms with Gasteiger partial charge in [0, 0.05) is 11.1 Å². The zero-order valence-corrected chi connectivity index (χ0v) is 15.7. The van der Waals surface area contributed by atoms with Crippen molar-refractivity contribution < 1.29 is 33.6 Å². The Labute approximate surface area is 156 Å². The lowest BCUT2D eigenvalue weighted by molar-refractivity contribution is 0.0696. The number of hydrogen-bond acceptors (Lipinski definition) is 6. The topological polar surface area (TPSA) is 103 Å². The fourth-order valence-electron chi connectivity index (χ4n) is 2.59. The highest BCUT2D eigenvalue weighted by Gasteiger charge is 2.19. The van der Waals surface area contributed by atoms with Crippen molar-refractivity contribution in [3.63, 3.8) is 0 Å². The third kappa shape index (κ3) is 4.05. The minimum absolute atomic E-state index is 0.0537. The van der Waals surface area contributed by atoms with Gasteiger partial charge in [-0.3, -0.25) is 4.79 Å². The highest BCUT2D eigenvalue weighted by molar-refractivity contribution is 6.06. The van der Waals surface area contributed by atoms with E-state index in [2.05, 4.69) is 5.32 Å². The molecule has 1 amide bonds. The summed E-state index contributed by atoms with van der Waals surface area (Å²) in [5, 5.41) is 11.9. The van der Waals surface area contributed by atoms with E-state index in [1.165, 1.54) is 40.6 Å². The molecule has 0 aliphatic carbocycles. The molecule has 0 fully saturated rings. The van der Waals surface area contributed by atoms with Gasteiger partial charge >= 0.3 is 5.97 Å². The van der Waals surface area contributed by atoms with Crippen LogP contribution in [0.4, 0.5) is 5.69 Å². The Morgan fingerprint density at radius 2 is 1.33 bits per heavy atom. The van der Waals surface area contributed by atoms with E-state index in [0.29, 0.717) is 11.5 Å². The molecule has 0 unspecified atom stereocenters. The molecule has 8 heteroatoms. The zero-order chi connectivity index (χ0) is 20.1. The third-order valence-corrected chi connectivity index (χ3v) is 3.99. The fourth-order valence-corrected chi connectivity index (χ4v) is 2.59. The van der Waals surface area contributed by atoms with Gasteiger partial charge in [0.25, 0.3) is 5.91 Å². The lowest BCUT2D eigenvalue weighted by atomic mass is 10.1. The van der Waals surface area contributed by atoms with Gasteiger partial charge in [-0.05, 0) is 31.2 Å². The maximum atomic E-state index is 12.7. The first-order valence-electron chi connectivity index (χ1n) is 7.89. The number of carbonyl (C=O) groups is 2. The first kappa shape index (κ1) is 19.9. The van der Waals surface area contributed by atoms with Gasteiger partial charge in [0.2, 0.25) is 0 Å². The summed E-state index contributed by atoms with van der Waals surface area (Å²) in [6, 6.07) is 5.74. The Balaban J connectivity index is 2.49. The summed E-state index contributed by atoms with van der Waals surface area (Å²) in [5.41, 5.74) is 1.14. The summed E-state index contributed by atoms with van der Waals surface area (Å²) in [7, 11) is 5.76. The normalized spacial score (nSPS) is 10.1. The van der Waals surface area contributed by atoms with Crippen LogP contribution in [0.1, 0.15) is 26.3 Å². The van der Waals surface area contributed by atoms with Crippen molar-refractivity contribution in [2.75, 3.05) is 33.8 Å². The lowest BCUT2D eigenvalue weighted by Gasteiger charge is -2.16. The number of ether oxygens (including phenoxy) is 4. The fraction of sp³-hybridized carbons (Fsp3) is 0.263. The minimum Gasteiger partial charge on any atom is -0.496 e. The number of methoxy groups -OCH3 is 4. The van der Waals surface area contributed by atoms with Crippen molar-refractivity contribution in [3.05, 3.63) is 41.0 Å². The SMILES string of the molecule is COc1cc(C(=O)Nc2cc(C(=O)O)cc(OC)c2OC)cc(OC)c1C. The largest absolute Gasteiger partial charge is 0.496 e. The van der Waals surface area contributed by atoms with Crippen LogP contribution < -0.4 is 24.3 Å². The van der Waals surface area contributed by atoms with Crippen molar-refractivity contribution in [1.82, 2.24) is 0 Å². The van der Waals surface area contributed by atoms with Gasteiger partial charge in [-0.1, -0.05) is 0 Å². The number of carboxylic acid groups (broad SMARTS) is 1. The van der Waals surface area contributed by atoms with Crippen molar-refractivity contribution in [2.24, 2.45) is 0 Å². The van der Waals surface area contributed by atoms with E-state index in [1.54, 1.807) is 12.1 Å². The summed E-state index contributed by atoms with van der Waals surface area (Å²) < 4.78 is 21.0. The monoisotopic (exact) mass is 375 g/mol. The number of hydrogen-bond donors (Lipinski definition) is 2. The van der Waals surface area contributed by atoms with Gasteiger partial charge in [0.05, 0.1) is 39.7 Å². The molecule has 2 aromatic carbocycles. The van der Waals surface area contributed by atoms with E-state index in [4.69, 9.17) is 18.9 Å². The Kier molecular flexibility index (Phi) is 6.12. The Morgan fingerprint density at radius 3 is 1.78 bits per heavy atom. The molecule has 0 saturated carbocycles. The first-order valence-corrected chi connectivity index (χ1v) is 7.89. The van der Waals surface area contributed by atoms with Gasteiger partial charge in [-0.15, -0.1) is 0 Å². The van der Waals surface area contributed by atoms with E-state index < -0.39 is 11.9 Å². The van der Waals surface area contributed by atoms with Gasteiger partial charge in [0.1, 0.15) is 11.5 Å². The van der Waals surface area contributed by atoms with Crippen LogP contribution in [0.15, 0.2) is 24.3 Å². The van der Waals surface area contributed by atoms with Crippen LogP contribution in [-0.2, 0) is 0 Å². The Hall–Kier alpha value is -3.42. The number of rotatable bonds is 7. The second-order valence-electron chi connectivity index (χ2n) is 5.52. The van der Waals surface area contributed by atoms with E-state index >= 15 is 0 Å². The second-order valence-corrected chi connectivity index (χ2v) is 5.52. The number of carbonyl (C=O) groups excluding carboxylic acids is 1. The number of aromatic carboxylic acids is 1. The molecule has 0 atom stereocenters. The summed E-state index contributed by atoms with van der Waals surface area (Å²) in [6.45, 7) is 1.81. The molecule has 0 aromatic heterocycles. The molecule has 0 bridgehead atoms. The molecule has 0 spiro atoms. The van der Waals surface area contributed by atoms with Crippen LogP contribution in [0.5, 0.6) is 23.0 Å². The number of benzene rings is 2. The summed E-state index contributed by atoms with van der Waals surface area (Å²) in [6.07, 6.45) is 0. The smallest absolute Gasteiger partial charge is 0.335 e. The third-order valence-electron chi connectivity index (χ3n) is 3.99. The van der Waals surface area contributed by atoms with Gasteiger partial charge in [0.15, 0.2) is 11.5 Å². The maximum Gasteiger partial charge on any atom is 0.335 e. The first-order chi connectivity index (χ1) is 12.9. The standard InChI is InChI=1S/C19H21NO7/c1-10-14(24-2)7-11(8-15(10)25-3)18(21)20-13-6-12(19(22)23)9-16(26-4)17(13)27-5/h6-9H,1-5H3,(H,20,21)(H,22,23). The summed E-state index contributed by atoms with van der Waals surface area (Å²) in [5.74, 6) is -0.278. The Morgan fingerprint density at radius 1 is 0.815 bits per heavy atom. The van der Waals surface area contributed by atoms with Crippen molar-refractivity contribution >= 4 is 17.6 Å². The maximum absolute atomic E-state index is 12.7. The van der Waals surface area contributed by atoms with Crippen molar-refractivity contribution in [3.8, 4) is 23.0 Å². The molecule has 144 valence electrons. The van der Waals surface area contributed by atoms with Crippen molar-refractivity contribution in [1.29, 1.82) is 0 Å². The molecule has 0 aliphatic rings. The van der Waals surface area contributed by atoms with Crippen molar-refractivity contribution in [2.45, 2.75) is 6.92 Å². The predicted octanol–water partition coefficient (Wildman–Crippen LogP) is 2.98. The number of nitrogens with one attached hydrogen (secondary N) is 1. The van der Waals surface area contributed by atoms with Crippen LogP contribution >= 0.6 is 0 Å². The predicted molar refractivity (Wildman–Crippen MR) is 98.7 cm³/mol. The average molecular weight is 375 g/mol. The van der Waals surface area contributed by atoms with E-state index in [-0.39, 0.29) is 28.3 Å². The quantitative estimate of drug-likeness (QED) is 0.767. The van der Waals surface area contributed by atoms with Crippen LogP contribution in [0, 0.1) is 6.92 Å². The van der Waals surface area contributed by atoms with E-state index in [0.717, 1.165) is 5.56 Å². The minimum atomic E-state index is -1.16. The van der Waals surface area contributed by atoms with Gasteiger partial charge in [-0.2, -0.15) is 0 Å². The van der Waals surface area contributed by atoms with E-state index in [9.17, 15) is 14.7 Å². The molecule has 27 heavy (non-hydrogen) atoms. The van der Waals surface area contributed by atoms with E-state index in [1.807, 2.05) is 6.92 Å². The molecule has 2 N–H and O–H groups in total. The lowest BCUT2D eigenvalue weighted by Crippen LogP contribution is -2.14. The van der Waals surface area contributed by atoms with Crippen LogP contribution in [-0.4, -0.2) is 45.4 Å². The summed E-state index contributed by atoms with van der Waals surface area (Å²) in [4.78, 5) is 24.1. The van der Waals surface area contributed by atoms with Gasteiger partial charge in [-0.25, -0.2) is 4.79 Å². The molecular formula is C19H21NO7. The molecule has 0 radical (unpaired) electrons. The number of anilines is 1. The molecular weight excluding hydrogens is 354 g/mol. The molecule has 2 rings (SSSR count). The molecule has 0 heterocycles. The van der Waals surface area contributed by atoms with Crippen LogP contribution in [0.3, 0.4) is 0 Å².